The van der Waals surface area contributed by atoms with Crippen LogP contribution in [-0.4, -0.2) is 23.4 Å². The number of halogens is 1. The quantitative estimate of drug-likeness (QED) is 0.775. The van der Waals surface area contributed by atoms with Gasteiger partial charge in [-0.25, -0.2) is 0 Å². The number of carbonyl (C=O) groups is 1. The second-order valence-electron chi connectivity index (χ2n) is 4.36. The monoisotopic (exact) mass is 360 g/mol. The van der Waals surface area contributed by atoms with Crippen molar-refractivity contribution in [1.82, 2.24) is 4.90 Å². The van der Waals surface area contributed by atoms with Gasteiger partial charge in [0.25, 0.3) is 5.91 Å². The first-order valence-corrected chi connectivity index (χ1v) is 7.52. The second kappa shape index (κ2) is 5.36. The maximum Gasteiger partial charge on any atom is 0.255 e. The van der Waals surface area contributed by atoms with Crippen LogP contribution in [0.5, 0.6) is 0 Å². The third-order valence-corrected chi connectivity index (χ3v) is 4.54. The summed E-state index contributed by atoms with van der Waals surface area (Å²) in [6.45, 7) is 2.41. The highest BCUT2D eigenvalue weighted by Crippen LogP contribution is 2.30. The molecule has 90 valence electrons. The number of carbonyl (C=O) groups excluding carboxylic acids is 1. The lowest BCUT2D eigenvalue weighted by molar-refractivity contribution is 0.0730. The fourth-order valence-corrected chi connectivity index (χ4v) is 3.03. The van der Waals surface area contributed by atoms with Crippen LogP contribution in [0, 0.1) is 20.1 Å². The summed E-state index contributed by atoms with van der Waals surface area (Å²) in [7, 11) is 0. The first-order chi connectivity index (χ1) is 8.11. The molecule has 1 heterocycles. The van der Waals surface area contributed by atoms with Crippen molar-refractivity contribution in [3.8, 4) is 6.07 Å². The average Bonchev–Trinajstić information content (AvgIpc) is 3.07. The fraction of sp³-hybridized carbons (Fsp3) is 0.500. The van der Waals surface area contributed by atoms with Crippen LogP contribution < -0.4 is 0 Å². The van der Waals surface area contributed by atoms with Crippen molar-refractivity contribution in [2.45, 2.75) is 25.8 Å². The molecule has 1 amide bonds. The Morgan fingerprint density at radius 1 is 1.76 bits per heavy atom. The fourth-order valence-electron chi connectivity index (χ4n) is 1.71. The van der Waals surface area contributed by atoms with Crippen LogP contribution in [0.2, 0.25) is 0 Å². The van der Waals surface area contributed by atoms with Crippen LogP contribution in [-0.2, 0) is 0 Å². The molecule has 0 bridgehead atoms. The highest BCUT2D eigenvalue weighted by Gasteiger charge is 2.34. The molecule has 1 aromatic heterocycles. The lowest BCUT2D eigenvalue weighted by Crippen LogP contribution is -2.36. The Morgan fingerprint density at radius 3 is 2.94 bits per heavy atom. The zero-order valence-corrected chi connectivity index (χ0v) is 12.5. The minimum Gasteiger partial charge on any atom is -0.334 e. The summed E-state index contributed by atoms with van der Waals surface area (Å²) in [5.41, 5.74) is 0.761. The van der Waals surface area contributed by atoms with Gasteiger partial charge >= 0.3 is 0 Å². The molecule has 0 aromatic carbocycles. The van der Waals surface area contributed by atoms with Crippen molar-refractivity contribution in [2.75, 3.05) is 6.54 Å². The maximum atomic E-state index is 12.3. The van der Waals surface area contributed by atoms with E-state index >= 15 is 0 Å². The van der Waals surface area contributed by atoms with Crippen molar-refractivity contribution < 1.29 is 4.79 Å². The first kappa shape index (κ1) is 12.8. The lowest BCUT2D eigenvalue weighted by Gasteiger charge is -2.23. The number of thiophene rings is 1. The van der Waals surface area contributed by atoms with Gasteiger partial charge in [-0.05, 0) is 48.4 Å². The lowest BCUT2D eigenvalue weighted by atomic mass is 10.1. The van der Waals surface area contributed by atoms with E-state index in [2.05, 4.69) is 28.7 Å². The highest BCUT2D eigenvalue weighted by molar-refractivity contribution is 14.1. The minimum atomic E-state index is -0.0998. The number of hydrogen-bond acceptors (Lipinski definition) is 3. The van der Waals surface area contributed by atoms with E-state index in [1.165, 1.54) is 0 Å². The van der Waals surface area contributed by atoms with Crippen LogP contribution in [0.4, 0.5) is 0 Å². The second-order valence-corrected chi connectivity index (χ2v) is 7.16. The third kappa shape index (κ3) is 3.19. The van der Waals surface area contributed by atoms with Gasteiger partial charge < -0.3 is 4.90 Å². The van der Waals surface area contributed by atoms with E-state index in [4.69, 9.17) is 5.26 Å². The molecule has 0 saturated heterocycles. The Bertz CT molecular complexity index is 461. The molecule has 0 radical (unpaired) electrons. The van der Waals surface area contributed by atoms with Crippen molar-refractivity contribution in [3.63, 3.8) is 0 Å². The molecule has 1 saturated carbocycles. The maximum absolute atomic E-state index is 12.3. The van der Waals surface area contributed by atoms with E-state index in [0.717, 1.165) is 21.3 Å². The van der Waals surface area contributed by atoms with Crippen LogP contribution >= 0.6 is 33.9 Å². The van der Waals surface area contributed by atoms with Gasteiger partial charge in [-0.2, -0.15) is 5.26 Å². The standard InChI is InChI=1S/C12H13IN2OS/c1-8(5-14)6-15(10-2-3-10)12(16)9-4-11(13)17-7-9/h4,7-8,10H,2-3,6H2,1H3/t8-/m1/s1. The van der Waals surface area contributed by atoms with E-state index in [-0.39, 0.29) is 11.8 Å². The van der Waals surface area contributed by atoms with Crippen LogP contribution in [0.15, 0.2) is 11.4 Å². The highest BCUT2D eigenvalue weighted by atomic mass is 127. The number of nitriles is 1. The first-order valence-electron chi connectivity index (χ1n) is 5.56. The molecule has 1 aliphatic carbocycles. The van der Waals surface area contributed by atoms with E-state index in [0.29, 0.717) is 12.6 Å². The average molecular weight is 360 g/mol. The predicted molar refractivity (Wildman–Crippen MR) is 75.9 cm³/mol. The predicted octanol–water partition coefficient (Wildman–Crippen LogP) is 3.12. The molecule has 0 aliphatic heterocycles. The molecule has 1 aromatic rings. The van der Waals surface area contributed by atoms with Crippen molar-refractivity contribution in [2.24, 2.45) is 5.92 Å². The van der Waals surface area contributed by atoms with Crippen molar-refractivity contribution >= 4 is 39.8 Å². The number of hydrogen-bond donors (Lipinski definition) is 0. The summed E-state index contributed by atoms with van der Waals surface area (Å²) in [5, 5.41) is 10.8. The van der Waals surface area contributed by atoms with Gasteiger partial charge in [-0.3, -0.25) is 4.79 Å². The van der Waals surface area contributed by atoms with Crippen molar-refractivity contribution in [3.05, 3.63) is 19.9 Å². The van der Waals surface area contributed by atoms with Gasteiger partial charge in [-0.1, -0.05) is 0 Å². The molecular weight excluding hydrogens is 347 g/mol. The van der Waals surface area contributed by atoms with Gasteiger partial charge in [-0.15, -0.1) is 11.3 Å². The summed E-state index contributed by atoms with van der Waals surface area (Å²) in [6, 6.07) is 4.47. The molecule has 1 atom stereocenters. The Kier molecular flexibility index (Phi) is 4.05. The van der Waals surface area contributed by atoms with Crippen LogP contribution in [0.3, 0.4) is 0 Å². The van der Waals surface area contributed by atoms with E-state index in [1.807, 2.05) is 23.3 Å². The summed E-state index contributed by atoms with van der Waals surface area (Å²) in [4.78, 5) is 14.2. The van der Waals surface area contributed by atoms with Crippen LogP contribution in [0.1, 0.15) is 30.1 Å². The molecule has 0 unspecified atom stereocenters. The van der Waals surface area contributed by atoms with Gasteiger partial charge in [0.15, 0.2) is 0 Å². The Labute approximate surface area is 119 Å². The van der Waals surface area contributed by atoms with E-state index in [1.54, 1.807) is 11.3 Å². The summed E-state index contributed by atoms with van der Waals surface area (Å²) in [6.07, 6.45) is 2.15. The molecule has 2 rings (SSSR count). The Balaban J connectivity index is 2.11. The SMILES string of the molecule is C[C@H](C#N)CN(C(=O)c1csc(I)c1)C1CC1. The molecule has 5 heteroatoms. The van der Waals surface area contributed by atoms with Gasteiger partial charge in [0, 0.05) is 18.0 Å². The zero-order chi connectivity index (χ0) is 12.4. The third-order valence-electron chi connectivity index (χ3n) is 2.75. The molecular formula is C12H13IN2OS. The minimum absolute atomic E-state index is 0.0776. The largest absolute Gasteiger partial charge is 0.334 e. The molecule has 0 spiro atoms. The van der Waals surface area contributed by atoms with E-state index in [9.17, 15) is 4.79 Å². The molecule has 0 N–H and O–H groups in total. The Morgan fingerprint density at radius 2 is 2.47 bits per heavy atom. The van der Waals surface area contributed by atoms with Gasteiger partial charge in [0.2, 0.25) is 0 Å². The summed E-state index contributed by atoms with van der Waals surface area (Å²) >= 11 is 3.80. The van der Waals surface area contributed by atoms with Gasteiger partial charge in [0.1, 0.15) is 0 Å². The molecule has 1 fully saturated rings. The van der Waals surface area contributed by atoms with Gasteiger partial charge in [0.05, 0.1) is 20.4 Å². The zero-order valence-electron chi connectivity index (χ0n) is 9.52. The number of rotatable bonds is 4. The van der Waals surface area contributed by atoms with Crippen LogP contribution in [0.25, 0.3) is 0 Å². The Hall–Kier alpha value is -0.610. The smallest absolute Gasteiger partial charge is 0.255 e. The molecule has 1 aliphatic rings. The number of amides is 1. The number of nitrogens with zero attached hydrogens (tertiary/aromatic N) is 2. The summed E-state index contributed by atoms with van der Waals surface area (Å²) < 4.78 is 1.12. The van der Waals surface area contributed by atoms with Crippen molar-refractivity contribution in [1.29, 1.82) is 5.26 Å². The molecule has 3 nitrogen and oxygen atoms in total. The van der Waals surface area contributed by atoms with E-state index < -0.39 is 0 Å². The summed E-state index contributed by atoms with van der Waals surface area (Å²) in [5.74, 6) is -0.0222. The molecule has 17 heavy (non-hydrogen) atoms. The normalized spacial score (nSPS) is 16.3. The topological polar surface area (TPSA) is 44.1 Å².